The number of hydrogen-bond acceptors (Lipinski definition) is 2. The molecule has 0 atom stereocenters. The number of carbonyl (C=O) groups is 1. The van der Waals surface area contributed by atoms with Crippen molar-refractivity contribution in [3.05, 3.63) is 65.2 Å². The Morgan fingerprint density at radius 1 is 1.10 bits per heavy atom. The van der Waals surface area contributed by atoms with Crippen LogP contribution in [0.5, 0.6) is 0 Å². The van der Waals surface area contributed by atoms with Crippen molar-refractivity contribution in [2.45, 2.75) is 13.0 Å². The van der Waals surface area contributed by atoms with Gasteiger partial charge in [-0.3, -0.25) is 4.79 Å². The van der Waals surface area contributed by atoms with Crippen LogP contribution in [0.3, 0.4) is 0 Å². The Morgan fingerprint density at radius 2 is 1.80 bits per heavy atom. The van der Waals surface area contributed by atoms with Gasteiger partial charge in [0.2, 0.25) is 5.91 Å². The molecular formula is C15H14F2N2O. The molecule has 0 aromatic heterocycles. The molecule has 0 heterocycles. The van der Waals surface area contributed by atoms with Crippen molar-refractivity contribution in [2.24, 2.45) is 5.73 Å². The van der Waals surface area contributed by atoms with Gasteiger partial charge in [-0.2, -0.15) is 0 Å². The van der Waals surface area contributed by atoms with Gasteiger partial charge in [0.25, 0.3) is 0 Å². The second-order valence-corrected chi connectivity index (χ2v) is 4.41. The quantitative estimate of drug-likeness (QED) is 0.882. The molecular weight excluding hydrogens is 262 g/mol. The lowest BCUT2D eigenvalue weighted by Gasteiger charge is -2.08. The Morgan fingerprint density at radius 3 is 2.45 bits per heavy atom. The number of primary amides is 1. The molecule has 0 saturated carbocycles. The number of hydrogen-bond donors (Lipinski definition) is 2. The fraction of sp³-hybridized carbons (Fsp3) is 0.133. The van der Waals surface area contributed by atoms with Crippen LogP contribution in [0.1, 0.15) is 11.1 Å². The first-order valence-corrected chi connectivity index (χ1v) is 6.10. The van der Waals surface area contributed by atoms with Gasteiger partial charge in [-0.15, -0.1) is 0 Å². The van der Waals surface area contributed by atoms with E-state index in [1.807, 2.05) is 0 Å². The van der Waals surface area contributed by atoms with Crippen molar-refractivity contribution in [1.29, 1.82) is 0 Å². The molecule has 104 valence electrons. The average molecular weight is 276 g/mol. The van der Waals surface area contributed by atoms with Gasteiger partial charge in [0.15, 0.2) is 11.6 Å². The normalized spacial score (nSPS) is 10.3. The smallest absolute Gasteiger partial charge is 0.221 e. The topological polar surface area (TPSA) is 55.1 Å². The molecule has 0 bridgehead atoms. The molecule has 0 aliphatic rings. The molecule has 0 aliphatic heterocycles. The van der Waals surface area contributed by atoms with E-state index in [0.29, 0.717) is 0 Å². The van der Waals surface area contributed by atoms with Gasteiger partial charge < -0.3 is 11.1 Å². The molecule has 20 heavy (non-hydrogen) atoms. The molecule has 0 saturated heterocycles. The molecule has 0 radical (unpaired) electrons. The maximum absolute atomic E-state index is 13.4. The van der Waals surface area contributed by atoms with Gasteiger partial charge in [0.1, 0.15) is 0 Å². The van der Waals surface area contributed by atoms with Gasteiger partial charge in [-0.05, 0) is 23.8 Å². The van der Waals surface area contributed by atoms with E-state index in [4.69, 9.17) is 5.73 Å². The number of nitrogens with one attached hydrogen (secondary N) is 1. The highest BCUT2D eigenvalue weighted by Gasteiger charge is 2.07. The summed E-state index contributed by atoms with van der Waals surface area (Å²) in [6, 6.07) is 11.1. The van der Waals surface area contributed by atoms with Gasteiger partial charge >= 0.3 is 0 Å². The molecule has 2 rings (SSSR count). The Bertz CT molecular complexity index is 612. The van der Waals surface area contributed by atoms with Crippen molar-refractivity contribution in [3.63, 3.8) is 0 Å². The van der Waals surface area contributed by atoms with Crippen molar-refractivity contribution >= 4 is 11.6 Å². The van der Waals surface area contributed by atoms with Crippen molar-refractivity contribution < 1.29 is 13.6 Å². The number of anilines is 1. The molecule has 2 aromatic rings. The number of halogens is 2. The largest absolute Gasteiger partial charge is 0.381 e. The van der Waals surface area contributed by atoms with Crippen LogP contribution in [0, 0.1) is 11.6 Å². The zero-order valence-electron chi connectivity index (χ0n) is 10.7. The molecule has 0 spiro atoms. The average Bonchev–Trinajstić information content (AvgIpc) is 2.41. The number of nitrogens with two attached hydrogens (primary N) is 1. The number of rotatable bonds is 5. The monoisotopic (exact) mass is 276 g/mol. The van der Waals surface area contributed by atoms with Gasteiger partial charge in [0.05, 0.1) is 6.42 Å². The molecule has 0 unspecified atom stereocenters. The fourth-order valence-electron chi connectivity index (χ4n) is 1.82. The minimum Gasteiger partial charge on any atom is -0.381 e. The van der Waals surface area contributed by atoms with Crippen molar-refractivity contribution in [1.82, 2.24) is 0 Å². The minimum absolute atomic E-state index is 0.179. The van der Waals surface area contributed by atoms with E-state index >= 15 is 0 Å². The van der Waals surface area contributed by atoms with Gasteiger partial charge in [-0.1, -0.05) is 24.3 Å². The second kappa shape index (κ2) is 6.14. The predicted molar refractivity (Wildman–Crippen MR) is 73.0 cm³/mol. The summed E-state index contributed by atoms with van der Waals surface area (Å²) in [6.45, 7) is 0.179. The van der Waals surface area contributed by atoms with Gasteiger partial charge in [0, 0.05) is 17.8 Å². The van der Waals surface area contributed by atoms with E-state index in [-0.39, 0.29) is 18.5 Å². The molecule has 0 aliphatic carbocycles. The Hall–Kier alpha value is -2.43. The fourth-order valence-corrected chi connectivity index (χ4v) is 1.82. The summed E-state index contributed by atoms with van der Waals surface area (Å²) in [6.07, 6.45) is 0.179. The molecule has 2 aromatic carbocycles. The summed E-state index contributed by atoms with van der Waals surface area (Å²) in [5.74, 6) is -2.10. The number of amides is 1. The lowest BCUT2D eigenvalue weighted by Crippen LogP contribution is -2.13. The van der Waals surface area contributed by atoms with Crippen LogP contribution >= 0.6 is 0 Å². The van der Waals surface area contributed by atoms with Crippen LogP contribution in [0.4, 0.5) is 14.5 Å². The first-order chi connectivity index (χ1) is 9.56. The minimum atomic E-state index is -0.860. The van der Waals surface area contributed by atoms with Crippen LogP contribution in [-0.4, -0.2) is 5.91 Å². The Kier molecular flexibility index (Phi) is 4.30. The molecule has 3 nitrogen and oxygen atoms in total. The highest BCUT2D eigenvalue weighted by Crippen LogP contribution is 2.15. The first-order valence-electron chi connectivity index (χ1n) is 6.10. The first kappa shape index (κ1) is 14.0. The van der Waals surface area contributed by atoms with Crippen LogP contribution < -0.4 is 11.1 Å². The Labute approximate surface area is 115 Å². The lowest BCUT2D eigenvalue weighted by molar-refractivity contribution is -0.117. The van der Waals surface area contributed by atoms with E-state index in [0.717, 1.165) is 17.3 Å². The number of carbonyl (C=O) groups excluding carboxylic acids is 1. The zero-order valence-corrected chi connectivity index (χ0v) is 10.7. The second-order valence-electron chi connectivity index (χ2n) is 4.41. The van der Waals surface area contributed by atoms with Crippen LogP contribution in [0.25, 0.3) is 0 Å². The third kappa shape index (κ3) is 3.54. The summed E-state index contributed by atoms with van der Waals surface area (Å²) in [5.41, 5.74) is 6.91. The molecule has 5 heteroatoms. The molecule has 1 amide bonds. The summed E-state index contributed by atoms with van der Waals surface area (Å²) in [7, 11) is 0. The highest BCUT2D eigenvalue weighted by atomic mass is 19.2. The van der Waals surface area contributed by atoms with E-state index in [9.17, 15) is 13.6 Å². The Balaban J connectivity index is 2.00. The highest BCUT2D eigenvalue weighted by molar-refractivity contribution is 5.76. The third-order valence-corrected chi connectivity index (χ3v) is 2.85. The SMILES string of the molecule is NC(=O)Cc1ccc(NCc2cccc(F)c2F)cc1. The maximum atomic E-state index is 13.4. The van der Waals surface area contributed by atoms with Crippen LogP contribution in [0.15, 0.2) is 42.5 Å². The zero-order chi connectivity index (χ0) is 14.5. The summed E-state index contributed by atoms with van der Waals surface area (Å²) in [5, 5.41) is 2.99. The lowest BCUT2D eigenvalue weighted by atomic mass is 10.1. The van der Waals surface area contributed by atoms with Crippen LogP contribution in [-0.2, 0) is 17.8 Å². The third-order valence-electron chi connectivity index (χ3n) is 2.85. The van der Waals surface area contributed by atoms with E-state index in [2.05, 4.69) is 5.32 Å². The van der Waals surface area contributed by atoms with E-state index in [1.54, 1.807) is 24.3 Å². The standard InChI is InChI=1S/C15H14F2N2O/c16-13-3-1-2-11(15(13)17)9-19-12-6-4-10(5-7-12)8-14(18)20/h1-7,19H,8-9H2,(H2,18,20). The molecule has 3 N–H and O–H groups in total. The van der Waals surface area contributed by atoms with Crippen LogP contribution in [0.2, 0.25) is 0 Å². The predicted octanol–water partition coefficient (Wildman–Crippen LogP) is 2.60. The van der Waals surface area contributed by atoms with E-state index < -0.39 is 17.5 Å². The number of benzene rings is 2. The van der Waals surface area contributed by atoms with Gasteiger partial charge in [-0.25, -0.2) is 8.78 Å². The molecule has 0 fully saturated rings. The summed E-state index contributed by atoms with van der Waals surface area (Å²) >= 11 is 0. The summed E-state index contributed by atoms with van der Waals surface area (Å²) in [4.78, 5) is 10.8. The maximum Gasteiger partial charge on any atom is 0.221 e. The van der Waals surface area contributed by atoms with Crippen molar-refractivity contribution in [2.75, 3.05) is 5.32 Å². The van der Waals surface area contributed by atoms with Crippen molar-refractivity contribution in [3.8, 4) is 0 Å². The van der Waals surface area contributed by atoms with E-state index in [1.165, 1.54) is 12.1 Å². The summed E-state index contributed by atoms with van der Waals surface area (Å²) < 4.78 is 26.5.